The molecule has 0 saturated heterocycles. The highest BCUT2D eigenvalue weighted by molar-refractivity contribution is 5.76. The third-order valence-corrected chi connectivity index (χ3v) is 3.94. The molecule has 0 radical (unpaired) electrons. The van der Waals surface area contributed by atoms with Gasteiger partial charge in [0.05, 0.1) is 6.33 Å². The van der Waals surface area contributed by atoms with Crippen LogP contribution in [0, 0.1) is 6.92 Å². The lowest BCUT2D eigenvalue weighted by molar-refractivity contribution is 0.345. The summed E-state index contributed by atoms with van der Waals surface area (Å²) in [4.78, 5) is 8.66. The Morgan fingerprint density at radius 2 is 2.24 bits per heavy atom. The summed E-state index contributed by atoms with van der Waals surface area (Å²) in [6.45, 7) is 4.65. The lowest BCUT2D eigenvalue weighted by atomic mass is 10.2. The Morgan fingerprint density at radius 3 is 3.00 bits per heavy atom. The predicted molar refractivity (Wildman–Crippen MR) is 95.3 cm³/mol. The molecule has 0 aliphatic carbocycles. The molecular formula is C19H20FN3O2. The first kappa shape index (κ1) is 17.0. The van der Waals surface area contributed by atoms with Crippen molar-refractivity contribution in [3.05, 3.63) is 59.7 Å². The number of pyridine rings is 1. The number of fused-ring (bicyclic) bond motifs is 1. The summed E-state index contributed by atoms with van der Waals surface area (Å²) in [7, 11) is 0. The number of hydrogen-bond donors (Lipinski definition) is 1. The number of hydrogen-bond acceptors (Lipinski definition) is 5. The zero-order valence-electron chi connectivity index (χ0n) is 14.3. The van der Waals surface area contributed by atoms with Gasteiger partial charge in [-0.15, -0.1) is 0 Å². The van der Waals surface area contributed by atoms with Gasteiger partial charge in [0.1, 0.15) is 17.9 Å². The van der Waals surface area contributed by atoms with Crippen LogP contribution in [0.2, 0.25) is 0 Å². The fourth-order valence-electron chi connectivity index (χ4n) is 2.33. The van der Waals surface area contributed by atoms with Crippen LogP contribution in [0.1, 0.15) is 24.6 Å². The largest absolute Gasteiger partial charge is 0.489 e. The van der Waals surface area contributed by atoms with Crippen LogP contribution in [0.3, 0.4) is 0 Å². The van der Waals surface area contributed by atoms with E-state index >= 15 is 0 Å². The van der Waals surface area contributed by atoms with E-state index in [4.69, 9.17) is 9.15 Å². The minimum absolute atomic E-state index is 0.220. The van der Waals surface area contributed by atoms with E-state index in [0.717, 1.165) is 16.8 Å². The molecule has 0 amide bonds. The summed E-state index contributed by atoms with van der Waals surface area (Å²) in [6.07, 6.45) is 2.97. The van der Waals surface area contributed by atoms with E-state index in [1.165, 1.54) is 0 Å². The smallest absolute Gasteiger partial charge is 0.295 e. The number of aryl methyl sites for hydroxylation is 1. The fraction of sp³-hybridized carbons (Fsp3) is 0.263. The van der Waals surface area contributed by atoms with Crippen LogP contribution in [0.15, 0.2) is 52.8 Å². The molecular weight excluding hydrogens is 321 g/mol. The maximum Gasteiger partial charge on any atom is 0.295 e. The second-order valence-corrected chi connectivity index (χ2v) is 5.66. The molecule has 0 aliphatic heterocycles. The number of rotatable bonds is 7. The second kappa shape index (κ2) is 7.79. The Balaban J connectivity index is 1.69. The first-order valence-electron chi connectivity index (χ1n) is 8.15. The summed E-state index contributed by atoms with van der Waals surface area (Å²) >= 11 is 0. The highest BCUT2D eigenvalue weighted by Gasteiger charge is 2.08. The number of benzene rings is 1. The molecule has 1 N–H and O–H groups in total. The molecule has 25 heavy (non-hydrogen) atoms. The lowest BCUT2D eigenvalue weighted by Gasteiger charge is -2.06. The summed E-state index contributed by atoms with van der Waals surface area (Å²) in [5.41, 5.74) is 4.00. The highest BCUT2D eigenvalue weighted by Crippen LogP contribution is 2.24. The Morgan fingerprint density at radius 1 is 1.36 bits per heavy atom. The molecule has 1 aromatic carbocycles. The van der Waals surface area contributed by atoms with E-state index in [0.29, 0.717) is 42.2 Å². The quantitative estimate of drug-likeness (QED) is 0.670. The van der Waals surface area contributed by atoms with Gasteiger partial charge >= 0.3 is 0 Å². The molecule has 2 aromatic heterocycles. The predicted octanol–water partition coefficient (Wildman–Crippen LogP) is 4.79. The van der Waals surface area contributed by atoms with E-state index in [9.17, 15) is 4.39 Å². The van der Waals surface area contributed by atoms with Gasteiger partial charge in [0.2, 0.25) is 0 Å². The minimum Gasteiger partial charge on any atom is -0.489 e. The average molecular weight is 341 g/mol. The topological polar surface area (TPSA) is 60.2 Å². The fourth-order valence-corrected chi connectivity index (χ4v) is 2.33. The van der Waals surface area contributed by atoms with Gasteiger partial charge in [-0.05, 0) is 42.7 Å². The van der Waals surface area contributed by atoms with Crippen LogP contribution in [0.25, 0.3) is 11.1 Å². The third-order valence-electron chi connectivity index (χ3n) is 3.94. The molecule has 0 saturated carbocycles. The number of nitrogens with zero attached hydrogens (tertiary/aromatic N) is 2. The van der Waals surface area contributed by atoms with Crippen LogP contribution in [-0.2, 0) is 6.54 Å². The zero-order valence-corrected chi connectivity index (χ0v) is 14.3. The van der Waals surface area contributed by atoms with Gasteiger partial charge < -0.3 is 14.5 Å². The van der Waals surface area contributed by atoms with Crippen molar-refractivity contribution < 1.29 is 13.5 Å². The molecule has 3 aromatic rings. The molecule has 0 atom stereocenters. The van der Waals surface area contributed by atoms with Crippen molar-refractivity contribution >= 4 is 17.1 Å². The van der Waals surface area contributed by atoms with Gasteiger partial charge in [-0.2, -0.15) is 4.98 Å². The maximum atomic E-state index is 12.6. The summed E-state index contributed by atoms with van der Waals surface area (Å²) in [6, 6.07) is 9.72. The number of ether oxygens (including phenoxy) is 1. The van der Waals surface area contributed by atoms with Crippen LogP contribution >= 0.6 is 0 Å². The molecule has 5 nitrogen and oxygen atoms in total. The molecule has 0 fully saturated rings. The average Bonchev–Trinajstić information content (AvgIpc) is 3.04. The molecule has 130 valence electrons. The lowest BCUT2D eigenvalue weighted by Crippen LogP contribution is -2.02. The van der Waals surface area contributed by atoms with Gasteiger partial charge in [0.25, 0.3) is 6.01 Å². The molecule has 0 unspecified atom stereocenters. The molecule has 3 rings (SSSR count). The number of oxazole rings is 1. The van der Waals surface area contributed by atoms with Gasteiger partial charge in [0, 0.05) is 24.5 Å². The van der Waals surface area contributed by atoms with Crippen LogP contribution in [0.4, 0.5) is 10.4 Å². The summed E-state index contributed by atoms with van der Waals surface area (Å²) < 4.78 is 23.9. The Labute approximate surface area is 145 Å². The SMILES string of the molecule is CC/C(=C/F)COc1ccc2nc(NCc3cccnc3C)oc2c1. The first-order chi connectivity index (χ1) is 12.2. The Hall–Kier alpha value is -2.89. The van der Waals surface area contributed by atoms with E-state index in [-0.39, 0.29) is 6.61 Å². The van der Waals surface area contributed by atoms with Crippen molar-refractivity contribution in [2.45, 2.75) is 26.8 Å². The third kappa shape index (κ3) is 4.15. The van der Waals surface area contributed by atoms with Crippen molar-refractivity contribution in [3.63, 3.8) is 0 Å². The summed E-state index contributed by atoms with van der Waals surface area (Å²) in [5.74, 6) is 0.617. The molecule has 6 heteroatoms. The monoisotopic (exact) mass is 341 g/mol. The summed E-state index contributed by atoms with van der Waals surface area (Å²) in [5, 5.41) is 3.16. The number of nitrogens with one attached hydrogen (secondary N) is 1. The van der Waals surface area contributed by atoms with Crippen molar-refractivity contribution in [2.75, 3.05) is 11.9 Å². The second-order valence-electron chi connectivity index (χ2n) is 5.66. The van der Waals surface area contributed by atoms with Gasteiger partial charge in [-0.25, -0.2) is 4.39 Å². The Bertz CT molecular complexity index is 889. The van der Waals surface area contributed by atoms with Crippen LogP contribution < -0.4 is 10.1 Å². The standard InChI is InChI=1S/C19H20FN3O2/c1-3-14(10-20)12-24-16-6-7-17-18(9-16)25-19(23-17)22-11-15-5-4-8-21-13(15)2/h4-10H,3,11-12H2,1-2H3,(H,22,23)/b14-10-. The van der Waals surface area contributed by atoms with E-state index in [2.05, 4.69) is 15.3 Å². The molecule has 2 heterocycles. The molecule has 0 bridgehead atoms. The zero-order chi connectivity index (χ0) is 17.6. The van der Waals surface area contributed by atoms with Crippen LogP contribution in [0.5, 0.6) is 5.75 Å². The van der Waals surface area contributed by atoms with Gasteiger partial charge in [-0.1, -0.05) is 13.0 Å². The van der Waals surface area contributed by atoms with E-state index in [1.807, 2.05) is 32.0 Å². The van der Waals surface area contributed by atoms with E-state index in [1.54, 1.807) is 18.3 Å². The number of anilines is 1. The molecule has 0 aliphatic rings. The number of aromatic nitrogens is 2. The number of halogens is 1. The van der Waals surface area contributed by atoms with Gasteiger partial charge in [0.15, 0.2) is 5.58 Å². The van der Waals surface area contributed by atoms with E-state index < -0.39 is 0 Å². The van der Waals surface area contributed by atoms with Crippen molar-refractivity contribution in [1.82, 2.24) is 9.97 Å². The van der Waals surface area contributed by atoms with Gasteiger partial charge in [-0.3, -0.25) is 4.98 Å². The first-order valence-corrected chi connectivity index (χ1v) is 8.15. The minimum atomic E-state index is 0.220. The maximum absolute atomic E-state index is 12.6. The van der Waals surface area contributed by atoms with Crippen molar-refractivity contribution in [1.29, 1.82) is 0 Å². The van der Waals surface area contributed by atoms with Crippen molar-refractivity contribution in [3.8, 4) is 5.75 Å². The van der Waals surface area contributed by atoms with Crippen LogP contribution in [-0.4, -0.2) is 16.6 Å². The van der Waals surface area contributed by atoms with Crippen molar-refractivity contribution in [2.24, 2.45) is 0 Å². The Kier molecular flexibility index (Phi) is 5.28. The normalized spacial score (nSPS) is 11.7. The highest BCUT2D eigenvalue weighted by atomic mass is 19.1. The molecule has 0 spiro atoms.